The van der Waals surface area contributed by atoms with Crippen molar-refractivity contribution in [3.05, 3.63) is 18.5 Å². The summed E-state index contributed by atoms with van der Waals surface area (Å²) in [6, 6.07) is 1.22. The van der Waals surface area contributed by atoms with Crippen LogP contribution in [0.1, 0.15) is 32.2 Å². The van der Waals surface area contributed by atoms with Crippen LogP contribution in [0.4, 0.5) is 0 Å². The van der Waals surface area contributed by atoms with Crippen LogP contribution in [0.2, 0.25) is 0 Å². The summed E-state index contributed by atoms with van der Waals surface area (Å²) in [6.45, 7) is 1.69. The Hall–Kier alpha value is -1.85. The van der Waals surface area contributed by atoms with E-state index in [4.69, 9.17) is 5.11 Å². The first-order valence-corrected chi connectivity index (χ1v) is 5.60. The van der Waals surface area contributed by atoms with Crippen LogP contribution in [0.3, 0.4) is 0 Å². The van der Waals surface area contributed by atoms with Crippen molar-refractivity contribution < 1.29 is 14.7 Å². The molecule has 0 saturated heterocycles. The molecule has 1 heterocycles. The number of carboxylic acid groups (broad SMARTS) is 1. The topological polar surface area (TPSA) is 84.2 Å². The lowest BCUT2D eigenvalue weighted by Gasteiger charge is -2.38. The van der Waals surface area contributed by atoms with Gasteiger partial charge in [0.25, 0.3) is 0 Å². The predicted molar refractivity (Wildman–Crippen MR) is 59.3 cm³/mol. The first-order chi connectivity index (χ1) is 8.05. The zero-order valence-corrected chi connectivity index (χ0v) is 9.59. The van der Waals surface area contributed by atoms with E-state index in [1.165, 1.54) is 4.68 Å². The van der Waals surface area contributed by atoms with E-state index in [-0.39, 0.29) is 5.91 Å². The average Bonchev–Trinajstić information content (AvgIpc) is 2.74. The van der Waals surface area contributed by atoms with E-state index in [1.807, 2.05) is 0 Å². The summed E-state index contributed by atoms with van der Waals surface area (Å²) in [4.78, 5) is 23.0. The Labute approximate surface area is 98.6 Å². The van der Waals surface area contributed by atoms with Crippen LogP contribution >= 0.6 is 0 Å². The highest BCUT2D eigenvalue weighted by atomic mass is 16.4. The number of carbonyl (C=O) groups excluding carboxylic acids is 1. The molecule has 0 aromatic carbocycles. The van der Waals surface area contributed by atoms with Crippen LogP contribution in [0.25, 0.3) is 0 Å². The number of carboxylic acids is 1. The molecule has 92 valence electrons. The van der Waals surface area contributed by atoms with E-state index >= 15 is 0 Å². The molecule has 1 aliphatic carbocycles. The Morgan fingerprint density at radius 3 is 2.65 bits per heavy atom. The zero-order chi connectivity index (χ0) is 12.5. The molecule has 1 unspecified atom stereocenters. The van der Waals surface area contributed by atoms with Crippen molar-refractivity contribution in [2.45, 2.75) is 37.8 Å². The molecule has 1 saturated carbocycles. The van der Waals surface area contributed by atoms with Crippen LogP contribution < -0.4 is 5.32 Å². The Morgan fingerprint density at radius 2 is 2.24 bits per heavy atom. The van der Waals surface area contributed by atoms with Gasteiger partial charge < -0.3 is 10.4 Å². The smallest absolute Gasteiger partial charge is 0.329 e. The van der Waals surface area contributed by atoms with Crippen LogP contribution in [-0.4, -0.2) is 32.3 Å². The Bertz CT molecular complexity index is 423. The second-order valence-corrected chi connectivity index (χ2v) is 4.39. The first kappa shape index (κ1) is 11.6. The third-order valence-electron chi connectivity index (χ3n) is 3.28. The molecule has 1 aromatic heterocycles. The van der Waals surface area contributed by atoms with Crippen LogP contribution in [0, 0.1) is 0 Å². The van der Waals surface area contributed by atoms with Gasteiger partial charge in [0.15, 0.2) is 0 Å². The molecule has 2 N–H and O–H groups in total. The van der Waals surface area contributed by atoms with E-state index in [1.54, 1.807) is 25.4 Å². The predicted octanol–water partition coefficient (Wildman–Crippen LogP) is 0.568. The SMILES string of the molecule is CC(C(=O)NC1(C(=O)O)CCC1)n1cccn1. The fraction of sp³-hybridized carbons (Fsp3) is 0.545. The Morgan fingerprint density at radius 1 is 1.53 bits per heavy atom. The summed E-state index contributed by atoms with van der Waals surface area (Å²) in [5.41, 5.74) is -1.06. The number of nitrogens with zero attached hydrogens (tertiary/aromatic N) is 2. The van der Waals surface area contributed by atoms with Gasteiger partial charge in [-0.15, -0.1) is 0 Å². The molecule has 1 atom stereocenters. The number of aromatic nitrogens is 2. The molecular weight excluding hydrogens is 222 g/mol. The minimum Gasteiger partial charge on any atom is -0.480 e. The van der Waals surface area contributed by atoms with Gasteiger partial charge in [0.05, 0.1) is 0 Å². The van der Waals surface area contributed by atoms with Gasteiger partial charge in [-0.05, 0) is 32.3 Å². The maximum atomic E-state index is 11.9. The van der Waals surface area contributed by atoms with Crippen molar-refractivity contribution in [2.24, 2.45) is 0 Å². The molecule has 0 aliphatic heterocycles. The van der Waals surface area contributed by atoms with Crippen molar-refractivity contribution >= 4 is 11.9 Å². The summed E-state index contributed by atoms with van der Waals surface area (Å²) in [5, 5.41) is 15.7. The minimum absolute atomic E-state index is 0.309. The first-order valence-electron chi connectivity index (χ1n) is 5.60. The molecule has 17 heavy (non-hydrogen) atoms. The number of aliphatic carboxylic acids is 1. The number of amides is 1. The van der Waals surface area contributed by atoms with Gasteiger partial charge in [-0.1, -0.05) is 0 Å². The fourth-order valence-corrected chi connectivity index (χ4v) is 1.89. The minimum atomic E-state index is -1.06. The summed E-state index contributed by atoms with van der Waals surface area (Å²) in [7, 11) is 0. The second kappa shape index (κ2) is 4.20. The maximum absolute atomic E-state index is 11.9. The van der Waals surface area contributed by atoms with Crippen LogP contribution in [0.15, 0.2) is 18.5 Å². The van der Waals surface area contributed by atoms with Gasteiger partial charge in [-0.3, -0.25) is 9.48 Å². The standard InChI is InChI=1S/C11H15N3O3/c1-8(14-7-3-6-12-14)9(15)13-11(10(16)17)4-2-5-11/h3,6-8H,2,4-5H2,1H3,(H,13,15)(H,16,17). The normalized spacial score (nSPS) is 19.1. The van der Waals surface area contributed by atoms with Gasteiger partial charge >= 0.3 is 5.97 Å². The highest BCUT2D eigenvalue weighted by molar-refractivity contribution is 5.89. The number of hydrogen-bond donors (Lipinski definition) is 2. The quantitative estimate of drug-likeness (QED) is 0.801. The molecule has 0 radical (unpaired) electrons. The summed E-state index contributed by atoms with van der Waals surface area (Å²) in [6.07, 6.45) is 5.10. The van der Waals surface area contributed by atoms with E-state index in [0.29, 0.717) is 12.8 Å². The molecule has 6 nitrogen and oxygen atoms in total. The van der Waals surface area contributed by atoms with Gasteiger partial charge in [-0.2, -0.15) is 5.10 Å². The third-order valence-corrected chi connectivity index (χ3v) is 3.28. The molecule has 2 rings (SSSR count). The number of rotatable bonds is 4. The van der Waals surface area contributed by atoms with E-state index in [2.05, 4.69) is 10.4 Å². The highest BCUT2D eigenvalue weighted by Crippen LogP contribution is 2.32. The van der Waals surface area contributed by atoms with Crippen molar-refractivity contribution in [3.8, 4) is 0 Å². The Balaban J connectivity index is 2.04. The van der Waals surface area contributed by atoms with E-state index < -0.39 is 17.6 Å². The van der Waals surface area contributed by atoms with Gasteiger partial charge in [0, 0.05) is 12.4 Å². The van der Waals surface area contributed by atoms with Gasteiger partial charge in [0.2, 0.25) is 5.91 Å². The largest absolute Gasteiger partial charge is 0.480 e. The fourth-order valence-electron chi connectivity index (χ4n) is 1.89. The van der Waals surface area contributed by atoms with Crippen LogP contribution in [0.5, 0.6) is 0 Å². The molecule has 0 spiro atoms. The maximum Gasteiger partial charge on any atom is 0.329 e. The molecule has 1 amide bonds. The lowest BCUT2D eigenvalue weighted by molar-refractivity contribution is -0.152. The van der Waals surface area contributed by atoms with Crippen molar-refractivity contribution in [1.82, 2.24) is 15.1 Å². The highest BCUT2D eigenvalue weighted by Gasteiger charge is 2.46. The summed E-state index contributed by atoms with van der Waals surface area (Å²) >= 11 is 0. The van der Waals surface area contributed by atoms with E-state index in [9.17, 15) is 9.59 Å². The lowest BCUT2D eigenvalue weighted by atomic mass is 9.76. The molecule has 1 fully saturated rings. The van der Waals surface area contributed by atoms with E-state index in [0.717, 1.165) is 6.42 Å². The van der Waals surface area contributed by atoms with Crippen molar-refractivity contribution in [3.63, 3.8) is 0 Å². The summed E-state index contributed by atoms with van der Waals surface area (Å²) < 4.78 is 1.50. The Kier molecular flexibility index (Phi) is 2.87. The monoisotopic (exact) mass is 237 g/mol. The number of hydrogen-bond acceptors (Lipinski definition) is 3. The van der Waals surface area contributed by atoms with Crippen molar-refractivity contribution in [1.29, 1.82) is 0 Å². The second-order valence-electron chi connectivity index (χ2n) is 4.39. The number of nitrogens with one attached hydrogen (secondary N) is 1. The number of carbonyl (C=O) groups is 2. The summed E-state index contributed by atoms with van der Waals surface area (Å²) in [5.74, 6) is -1.26. The molecular formula is C11H15N3O3. The molecule has 1 aliphatic rings. The van der Waals surface area contributed by atoms with Gasteiger partial charge in [0.1, 0.15) is 11.6 Å². The van der Waals surface area contributed by atoms with Gasteiger partial charge in [-0.25, -0.2) is 4.79 Å². The molecule has 1 aromatic rings. The van der Waals surface area contributed by atoms with Crippen molar-refractivity contribution in [2.75, 3.05) is 0 Å². The average molecular weight is 237 g/mol. The molecule has 6 heteroatoms. The lowest BCUT2D eigenvalue weighted by Crippen LogP contribution is -2.60. The van der Waals surface area contributed by atoms with Crippen LogP contribution in [-0.2, 0) is 9.59 Å². The zero-order valence-electron chi connectivity index (χ0n) is 9.59. The molecule has 0 bridgehead atoms. The third kappa shape index (κ3) is 2.02.